The summed E-state index contributed by atoms with van der Waals surface area (Å²) in [7, 11) is 3.17. The van der Waals surface area contributed by atoms with Crippen molar-refractivity contribution in [1.82, 2.24) is 9.88 Å². The number of ether oxygens (including phenoxy) is 2. The summed E-state index contributed by atoms with van der Waals surface area (Å²) in [6, 6.07) is 17.2. The number of aromatic nitrogens is 1. The largest absolute Gasteiger partial charge is 0.497 e. The van der Waals surface area contributed by atoms with E-state index in [2.05, 4.69) is 5.32 Å². The third-order valence-electron chi connectivity index (χ3n) is 5.71. The zero-order chi connectivity index (χ0) is 24.2. The number of carboxylic acid groups (broad SMARTS) is 1. The lowest BCUT2D eigenvalue weighted by molar-refractivity contribution is 0.0684. The molecule has 0 aliphatic rings. The van der Waals surface area contributed by atoms with E-state index in [0.29, 0.717) is 35.5 Å². The molecular formula is C26H24ClFN2O4. The number of benzene rings is 3. The fourth-order valence-electron chi connectivity index (χ4n) is 4.01. The first kappa shape index (κ1) is 23.6. The molecule has 0 atom stereocenters. The van der Waals surface area contributed by atoms with Gasteiger partial charge in [0.2, 0.25) is 0 Å². The van der Waals surface area contributed by atoms with Crippen LogP contribution in [-0.2, 0) is 19.6 Å². The van der Waals surface area contributed by atoms with Crippen molar-refractivity contribution in [2.45, 2.75) is 19.6 Å². The van der Waals surface area contributed by atoms with Crippen molar-refractivity contribution < 1.29 is 23.8 Å². The van der Waals surface area contributed by atoms with Crippen molar-refractivity contribution in [3.8, 4) is 11.5 Å². The Morgan fingerprint density at radius 3 is 2.35 bits per heavy atom. The molecule has 1 aromatic heterocycles. The number of nitrogens with zero attached hydrogens (tertiary/aromatic N) is 1. The SMILES string of the molecule is COc1ccc(CNCc2c(C(=O)O)n(Cc3ccc(F)cc3Cl)c3cc(OC)ccc23)cc1. The summed E-state index contributed by atoms with van der Waals surface area (Å²) in [5, 5.41) is 14.5. The van der Waals surface area contributed by atoms with Gasteiger partial charge in [0.05, 0.1) is 19.7 Å². The first-order valence-corrected chi connectivity index (χ1v) is 11.0. The highest BCUT2D eigenvalue weighted by atomic mass is 35.5. The highest BCUT2D eigenvalue weighted by molar-refractivity contribution is 6.31. The number of carboxylic acids is 1. The second-order valence-electron chi connectivity index (χ2n) is 7.79. The average molecular weight is 483 g/mol. The molecule has 3 aromatic carbocycles. The van der Waals surface area contributed by atoms with Crippen molar-refractivity contribution in [3.63, 3.8) is 0 Å². The van der Waals surface area contributed by atoms with Gasteiger partial charge in [-0.3, -0.25) is 0 Å². The number of carbonyl (C=O) groups is 1. The molecule has 2 N–H and O–H groups in total. The second-order valence-corrected chi connectivity index (χ2v) is 8.20. The van der Waals surface area contributed by atoms with Gasteiger partial charge in [0.15, 0.2) is 0 Å². The van der Waals surface area contributed by atoms with Crippen molar-refractivity contribution in [2.24, 2.45) is 0 Å². The van der Waals surface area contributed by atoms with E-state index in [1.165, 1.54) is 12.1 Å². The minimum Gasteiger partial charge on any atom is -0.497 e. The molecular weight excluding hydrogens is 459 g/mol. The maximum absolute atomic E-state index is 13.6. The lowest BCUT2D eigenvalue weighted by Gasteiger charge is -2.12. The molecule has 0 aliphatic heterocycles. The Morgan fingerprint density at radius 1 is 1.00 bits per heavy atom. The molecule has 0 amide bonds. The summed E-state index contributed by atoms with van der Waals surface area (Å²) in [5.74, 6) is -0.135. The molecule has 0 saturated heterocycles. The third kappa shape index (κ3) is 4.85. The van der Waals surface area contributed by atoms with Crippen LogP contribution in [0, 0.1) is 5.82 Å². The smallest absolute Gasteiger partial charge is 0.352 e. The molecule has 6 nitrogen and oxygen atoms in total. The monoisotopic (exact) mass is 482 g/mol. The summed E-state index contributed by atoms with van der Waals surface area (Å²) in [5.41, 5.74) is 3.14. The minimum atomic E-state index is -1.06. The molecule has 8 heteroatoms. The van der Waals surface area contributed by atoms with E-state index >= 15 is 0 Å². The van der Waals surface area contributed by atoms with E-state index in [9.17, 15) is 14.3 Å². The van der Waals surface area contributed by atoms with Crippen LogP contribution in [0.4, 0.5) is 4.39 Å². The van der Waals surface area contributed by atoms with Crippen molar-refractivity contribution in [1.29, 1.82) is 0 Å². The predicted molar refractivity (Wildman–Crippen MR) is 129 cm³/mol. The van der Waals surface area contributed by atoms with E-state index in [0.717, 1.165) is 16.7 Å². The van der Waals surface area contributed by atoms with E-state index < -0.39 is 11.8 Å². The summed E-state index contributed by atoms with van der Waals surface area (Å²) in [4.78, 5) is 12.4. The molecule has 1 heterocycles. The Hall–Kier alpha value is -3.55. The molecule has 176 valence electrons. The normalized spacial score (nSPS) is 11.1. The number of nitrogens with one attached hydrogen (secondary N) is 1. The van der Waals surface area contributed by atoms with E-state index in [-0.39, 0.29) is 17.3 Å². The number of halogens is 2. The first-order valence-electron chi connectivity index (χ1n) is 10.6. The van der Waals surface area contributed by atoms with Crippen LogP contribution in [0.1, 0.15) is 27.2 Å². The van der Waals surface area contributed by atoms with Crippen molar-refractivity contribution in [3.05, 3.63) is 93.9 Å². The Bertz CT molecular complexity index is 1340. The average Bonchev–Trinajstić information content (AvgIpc) is 3.14. The highest BCUT2D eigenvalue weighted by Crippen LogP contribution is 2.32. The molecule has 0 radical (unpaired) electrons. The number of methoxy groups -OCH3 is 2. The molecule has 0 fully saturated rings. The maximum Gasteiger partial charge on any atom is 0.352 e. The van der Waals surface area contributed by atoms with Gasteiger partial charge in [-0.1, -0.05) is 29.8 Å². The van der Waals surface area contributed by atoms with E-state index in [1.54, 1.807) is 37.0 Å². The predicted octanol–water partition coefficient (Wildman–Crippen LogP) is 5.49. The lowest BCUT2D eigenvalue weighted by Crippen LogP contribution is -2.17. The zero-order valence-corrected chi connectivity index (χ0v) is 19.5. The minimum absolute atomic E-state index is 0.144. The van der Waals surface area contributed by atoms with Crippen molar-refractivity contribution in [2.75, 3.05) is 14.2 Å². The number of rotatable bonds is 9. The molecule has 0 unspecified atom stereocenters. The van der Waals surface area contributed by atoms with Crippen molar-refractivity contribution >= 4 is 28.5 Å². The summed E-state index contributed by atoms with van der Waals surface area (Å²) < 4.78 is 25.8. The standard InChI is InChI=1S/C26H24ClFN2O4/c1-33-19-7-3-16(4-8-19)13-29-14-22-21-10-9-20(34-2)12-24(21)30(25(22)26(31)32)15-17-5-6-18(28)11-23(17)27/h3-12,29H,13-15H2,1-2H3,(H,31,32). The van der Waals surface area contributed by atoms with Gasteiger partial charge in [0, 0.05) is 41.7 Å². The van der Waals surface area contributed by atoms with Gasteiger partial charge < -0.3 is 24.5 Å². The van der Waals surface area contributed by atoms with Gasteiger partial charge in [-0.15, -0.1) is 0 Å². The maximum atomic E-state index is 13.6. The van der Waals surface area contributed by atoms with Crippen LogP contribution in [0.2, 0.25) is 5.02 Å². The molecule has 34 heavy (non-hydrogen) atoms. The van der Waals surface area contributed by atoms with Crippen LogP contribution in [-0.4, -0.2) is 29.9 Å². The Labute approximate surface area is 201 Å². The van der Waals surface area contributed by atoms with Crippen LogP contribution in [0.5, 0.6) is 11.5 Å². The van der Waals surface area contributed by atoms with Gasteiger partial charge in [-0.2, -0.15) is 0 Å². The van der Waals surface area contributed by atoms with Crippen LogP contribution >= 0.6 is 11.6 Å². The summed E-state index contributed by atoms with van der Waals surface area (Å²) in [6.07, 6.45) is 0. The number of hydrogen-bond donors (Lipinski definition) is 2. The number of aromatic carboxylic acids is 1. The lowest BCUT2D eigenvalue weighted by atomic mass is 10.1. The molecule has 0 saturated carbocycles. The van der Waals surface area contributed by atoms with Gasteiger partial charge >= 0.3 is 5.97 Å². The number of fused-ring (bicyclic) bond motifs is 1. The van der Waals surface area contributed by atoms with Crippen LogP contribution in [0.3, 0.4) is 0 Å². The number of hydrogen-bond acceptors (Lipinski definition) is 4. The Kier molecular flexibility index (Phi) is 7.05. The highest BCUT2D eigenvalue weighted by Gasteiger charge is 2.23. The molecule has 0 aliphatic carbocycles. The topological polar surface area (TPSA) is 72.7 Å². The summed E-state index contributed by atoms with van der Waals surface area (Å²) in [6.45, 7) is 1.05. The van der Waals surface area contributed by atoms with Gasteiger partial charge in [-0.05, 0) is 47.5 Å². The van der Waals surface area contributed by atoms with Gasteiger partial charge in [0.1, 0.15) is 23.0 Å². The van der Waals surface area contributed by atoms with Crippen LogP contribution in [0.25, 0.3) is 10.9 Å². The van der Waals surface area contributed by atoms with Gasteiger partial charge in [0.25, 0.3) is 0 Å². The second kappa shape index (κ2) is 10.2. The first-order chi connectivity index (χ1) is 16.4. The van der Waals surface area contributed by atoms with E-state index in [4.69, 9.17) is 21.1 Å². The molecule has 0 bridgehead atoms. The van der Waals surface area contributed by atoms with E-state index in [1.807, 2.05) is 30.3 Å². The molecule has 4 rings (SSSR count). The fraction of sp³-hybridized carbons (Fsp3) is 0.192. The molecule has 0 spiro atoms. The van der Waals surface area contributed by atoms with Crippen LogP contribution < -0.4 is 14.8 Å². The fourth-order valence-corrected chi connectivity index (χ4v) is 4.24. The van der Waals surface area contributed by atoms with Gasteiger partial charge in [-0.25, -0.2) is 9.18 Å². The Morgan fingerprint density at radius 2 is 1.71 bits per heavy atom. The third-order valence-corrected chi connectivity index (χ3v) is 6.06. The quantitative estimate of drug-likeness (QED) is 0.330. The Balaban J connectivity index is 1.72. The van der Waals surface area contributed by atoms with Crippen LogP contribution in [0.15, 0.2) is 60.7 Å². The molecule has 4 aromatic rings. The summed E-state index contributed by atoms with van der Waals surface area (Å²) >= 11 is 6.25. The zero-order valence-electron chi connectivity index (χ0n) is 18.8.